The van der Waals surface area contributed by atoms with Crippen LogP contribution in [0.5, 0.6) is 0 Å². The maximum Gasteiger partial charge on any atom is 0 e. The molecule has 0 saturated heterocycles. The van der Waals surface area contributed by atoms with Gasteiger partial charge in [-0.2, -0.15) is 6.42 Å². The Morgan fingerprint density at radius 1 is 1.18 bits per heavy atom. The first-order valence-corrected chi connectivity index (χ1v) is 8.28. The quantitative estimate of drug-likeness (QED) is 0.227. The Bertz CT molecular complexity index is 332. The fourth-order valence-corrected chi connectivity index (χ4v) is 2.04. The zero-order valence-electron chi connectivity index (χ0n) is 16.0. The number of allylic oxidation sites excluding steroid dienone is 6. The second kappa shape index (κ2) is 15.9. The maximum absolute atomic E-state index is 3.92. The van der Waals surface area contributed by atoms with Gasteiger partial charge < -0.3 is 6.42 Å². The van der Waals surface area contributed by atoms with Crippen molar-refractivity contribution < 1.29 is 32.7 Å². The Kier molecular flexibility index (Phi) is 19.5. The molecule has 22 heavy (non-hydrogen) atoms. The molecular formula is C21H37Y-. The van der Waals surface area contributed by atoms with Crippen molar-refractivity contribution in [3.05, 3.63) is 55.5 Å². The zero-order chi connectivity index (χ0) is 16.9. The van der Waals surface area contributed by atoms with Gasteiger partial charge in [0.15, 0.2) is 0 Å². The molecule has 0 aromatic carbocycles. The van der Waals surface area contributed by atoms with Gasteiger partial charge in [-0.1, -0.05) is 90.5 Å². The molecule has 0 nitrogen and oxygen atoms in total. The van der Waals surface area contributed by atoms with Gasteiger partial charge in [-0.3, -0.25) is 0 Å². The van der Waals surface area contributed by atoms with Crippen LogP contribution >= 0.6 is 0 Å². The minimum absolute atomic E-state index is 0. The van der Waals surface area contributed by atoms with Crippen molar-refractivity contribution in [3.8, 4) is 0 Å². The van der Waals surface area contributed by atoms with Gasteiger partial charge in [0.05, 0.1) is 0 Å². The molecule has 0 N–H and O–H groups in total. The van der Waals surface area contributed by atoms with Crippen LogP contribution in [0.4, 0.5) is 0 Å². The molecule has 0 saturated carbocycles. The van der Waals surface area contributed by atoms with Crippen LogP contribution in [0.1, 0.15) is 61.3 Å². The summed E-state index contributed by atoms with van der Waals surface area (Å²) in [4.78, 5) is 0. The largest absolute Gasteiger partial charge is 0.320 e. The van der Waals surface area contributed by atoms with Crippen molar-refractivity contribution in [2.45, 2.75) is 61.3 Å². The first-order chi connectivity index (χ1) is 9.86. The van der Waals surface area contributed by atoms with Crippen LogP contribution in [-0.2, 0) is 32.7 Å². The van der Waals surface area contributed by atoms with Gasteiger partial charge in [-0.15, -0.1) is 12.5 Å². The van der Waals surface area contributed by atoms with E-state index in [-0.39, 0.29) is 38.1 Å². The molecule has 0 aliphatic carbocycles. The van der Waals surface area contributed by atoms with Crippen molar-refractivity contribution in [1.82, 2.24) is 0 Å². The molecule has 0 heterocycles. The molecule has 125 valence electrons. The molecule has 0 bridgehead atoms. The van der Waals surface area contributed by atoms with Crippen LogP contribution in [0.2, 0.25) is 0 Å². The SMILES string of the molecule is C=C/C=C(\C=C/C)C([CH-]CC(C)(C)C=C)CC(C)C.CC.[Y]. The summed E-state index contributed by atoms with van der Waals surface area (Å²) in [6.45, 7) is 22.8. The Balaban J connectivity index is -0.00000115. The first-order valence-electron chi connectivity index (χ1n) is 8.28. The van der Waals surface area contributed by atoms with Gasteiger partial charge in [0.25, 0.3) is 0 Å². The summed E-state index contributed by atoms with van der Waals surface area (Å²) in [6.07, 6.45) is 15.0. The van der Waals surface area contributed by atoms with Crippen LogP contribution in [0.25, 0.3) is 0 Å². The van der Waals surface area contributed by atoms with E-state index in [1.54, 1.807) is 0 Å². The van der Waals surface area contributed by atoms with Gasteiger partial charge in [0.1, 0.15) is 0 Å². The fraction of sp³-hybridized carbons (Fsp3) is 0.571. The topological polar surface area (TPSA) is 0 Å². The summed E-state index contributed by atoms with van der Waals surface area (Å²) in [7, 11) is 0. The third-order valence-corrected chi connectivity index (χ3v) is 3.30. The van der Waals surface area contributed by atoms with E-state index >= 15 is 0 Å². The number of hydrogen-bond donors (Lipinski definition) is 0. The molecule has 0 aromatic heterocycles. The van der Waals surface area contributed by atoms with E-state index in [1.807, 2.05) is 26.0 Å². The first kappa shape index (κ1) is 26.9. The molecule has 0 aromatic rings. The molecule has 1 heteroatoms. The summed E-state index contributed by atoms with van der Waals surface area (Å²) in [5.41, 5.74) is 1.52. The van der Waals surface area contributed by atoms with Gasteiger partial charge >= 0.3 is 0 Å². The van der Waals surface area contributed by atoms with Crippen molar-refractivity contribution in [3.63, 3.8) is 0 Å². The van der Waals surface area contributed by atoms with Gasteiger partial charge in [-0.05, 0) is 18.3 Å². The van der Waals surface area contributed by atoms with Crippen LogP contribution < -0.4 is 0 Å². The van der Waals surface area contributed by atoms with E-state index < -0.39 is 0 Å². The van der Waals surface area contributed by atoms with Crippen molar-refractivity contribution in [2.75, 3.05) is 0 Å². The van der Waals surface area contributed by atoms with E-state index in [4.69, 9.17) is 0 Å². The van der Waals surface area contributed by atoms with Crippen LogP contribution in [-0.4, -0.2) is 0 Å². The molecule has 0 fully saturated rings. The Labute approximate surface area is 166 Å². The average Bonchev–Trinajstić information content (AvgIpc) is 2.45. The van der Waals surface area contributed by atoms with E-state index in [1.165, 1.54) is 12.0 Å². The molecule has 1 unspecified atom stereocenters. The predicted molar refractivity (Wildman–Crippen MR) is 100 cm³/mol. The standard InChI is InChI=1S/C19H31.C2H6.Y/c1-8-11-17(12-9-2)18(15-16(4)5)13-14-19(6,7)10-3;1-2;/h8-13,16,18H,1,3,14-15H2,2,4-7H3;1-2H3;/q-1;;/b12-9-,17-11+;;. The van der Waals surface area contributed by atoms with Gasteiger partial charge in [0, 0.05) is 32.7 Å². The Hall–Kier alpha value is 0.0639. The molecule has 0 rings (SSSR count). The predicted octanol–water partition coefficient (Wildman–Crippen LogP) is 7.17. The Morgan fingerprint density at radius 3 is 2.09 bits per heavy atom. The van der Waals surface area contributed by atoms with Crippen LogP contribution in [0.3, 0.4) is 0 Å². The van der Waals surface area contributed by atoms with Gasteiger partial charge in [0.2, 0.25) is 0 Å². The summed E-state index contributed by atoms with van der Waals surface area (Å²) in [5.74, 6) is 1.18. The second-order valence-electron chi connectivity index (χ2n) is 6.27. The number of hydrogen-bond acceptors (Lipinski definition) is 0. The fourth-order valence-electron chi connectivity index (χ4n) is 2.04. The minimum atomic E-state index is 0. The zero-order valence-corrected chi connectivity index (χ0v) is 18.9. The summed E-state index contributed by atoms with van der Waals surface area (Å²) < 4.78 is 0. The van der Waals surface area contributed by atoms with Gasteiger partial charge in [-0.25, -0.2) is 0 Å². The third kappa shape index (κ3) is 13.7. The Morgan fingerprint density at radius 2 is 1.73 bits per heavy atom. The minimum Gasteiger partial charge on any atom is -0.320 e. The molecule has 0 aliphatic rings. The molecule has 1 atom stereocenters. The number of rotatable bonds is 9. The summed E-state index contributed by atoms with van der Waals surface area (Å²) >= 11 is 0. The monoisotopic (exact) mass is 378 g/mol. The van der Waals surface area contributed by atoms with E-state index in [0.29, 0.717) is 11.8 Å². The smallest absolute Gasteiger partial charge is 0 e. The molecule has 0 amide bonds. The molecule has 1 radical (unpaired) electrons. The van der Waals surface area contributed by atoms with E-state index in [9.17, 15) is 0 Å². The normalized spacial score (nSPS) is 13.2. The van der Waals surface area contributed by atoms with Crippen molar-refractivity contribution in [1.29, 1.82) is 0 Å². The molecular weight excluding hydrogens is 341 g/mol. The molecule has 0 spiro atoms. The van der Waals surface area contributed by atoms with Crippen molar-refractivity contribution >= 4 is 0 Å². The second-order valence-corrected chi connectivity index (χ2v) is 6.27. The maximum atomic E-state index is 3.92. The summed E-state index contributed by atoms with van der Waals surface area (Å²) in [6, 6.07) is 0. The molecule has 0 aliphatic heterocycles. The van der Waals surface area contributed by atoms with E-state index in [0.717, 1.165) is 6.42 Å². The van der Waals surface area contributed by atoms with Crippen molar-refractivity contribution in [2.24, 2.45) is 17.3 Å². The van der Waals surface area contributed by atoms with E-state index in [2.05, 4.69) is 72.4 Å². The summed E-state index contributed by atoms with van der Waals surface area (Å²) in [5, 5.41) is 0. The van der Waals surface area contributed by atoms with Crippen LogP contribution in [0.15, 0.2) is 49.1 Å². The average molecular weight is 378 g/mol. The third-order valence-electron chi connectivity index (χ3n) is 3.30. The van der Waals surface area contributed by atoms with Crippen LogP contribution in [0, 0.1) is 23.7 Å².